The van der Waals surface area contributed by atoms with Gasteiger partial charge < -0.3 is 37.9 Å². The highest BCUT2D eigenvalue weighted by atomic mass is 16.7. The average Bonchev–Trinajstić information content (AvgIpc) is 3.83. The molecule has 2 aliphatic heterocycles. The van der Waals surface area contributed by atoms with Gasteiger partial charge in [0.15, 0.2) is 23.0 Å². The number of para-hydroxylation sites is 1. The molecular formula is C33H31N3O10. The number of hydrogen-bond acceptors (Lipinski definition) is 12. The molecule has 0 saturated carbocycles. The number of benzene rings is 3. The van der Waals surface area contributed by atoms with Crippen molar-refractivity contribution >= 4 is 11.9 Å². The number of hydrogen-bond donors (Lipinski definition) is 0. The molecule has 13 nitrogen and oxygen atoms in total. The normalized spacial score (nSPS) is 20.7. The summed E-state index contributed by atoms with van der Waals surface area (Å²) in [6.45, 7) is -0.0914. The summed E-state index contributed by atoms with van der Waals surface area (Å²) < 4.78 is 46.8. The first-order valence-electron chi connectivity index (χ1n) is 14.6. The number of carbonyl (C=O) groups excluding carboxylic acids is 2. The van der Waals surface area contributed by atoms with Gasteiger partial charge >= 0.3 is 11.9 Å². The number of esters is 2. The van der Waals surface area contributed by atoms with E-state index < -0.39 is 35.8 Å². The lowest BCUT2D eigenvalue weighted by atomic mass is 9.66. The van der Waals surface area contributed by atoms with Gasteiger partial charge in [0, 0.05) is 23.0 Å². The van der Waals surface area contributed by atoms with Crippen molar-refractivity contribution in [3.8, 4) is 45.8 Å². The molecular weight excluding hydrogens is 598 g/mol. The summed E-state index contributed by atoms with van der Waals surface area (Å²) in [7, 11) is 6.17. The van der Waals surface area contributed by atoms with Crippen LogP contribution in [0, 0.1) is 11.8 Å². The van der Waals surface area contributed by atoms with Crippen LogP contribution in [-0.2, 0) is 25.6 Å². The largest absolute Gasteiger partial charge is 0.496 e. The molecule has 4 atom stereocenters. The maximum Gasteiger partial charge on any atom is 0.328 e. The number of carbonyl (C=O) groups is 2. The second-order valence-electron chi connectivity index (χ2n) is 11.0. The zero-order valence-electron chi connectivity index (χ0n) is 25.6. The molecule has 13 heteroatoms. The van der Waals surface area contributed by atoms with E-state index in [-0.39, 0.29) is 19.9 Å². The lowest BCUT2D eigenvalue weighted by molar-refractivity contribution is -0.155. The number of cyclic esters (lactones) is 1. The molecule has 1 aliphatic carbocycles. The van der Waals surface area contributed by atoms with Gasteiger partial charge in [0.2, 0.25) is 12.5 Å². The van der Waals surface area contributed by atoms with Crippen molar-refractivity contribution in [2.75, 3.05) is 41.8 Å². The van der Waals surface area contributed by atoms with Crippen LogP contribution in [0.5, 0.6) is 34.5 Å². The summed E-state index contributed by atoms with van der Waals surface area (Å²) in [5.41, 5.74) is 3.44. The third kappa shape index (κ3) is 4.88. The maximum atomic E-state index is 13.5. The fourth-order valence-electron chi connectivity index (χ4n) is 6.61. The Kier molecular flexibility index (Phi) is 7.51. The number of nitrogens with zero attached hydrogens (tertiary/aromatic N) is 3. The first-order chi connectivity index (χ1) is 22.4. The second-order valence-corrected chi connectivity index (χ2v) is 11.0. The van der Waals surface area contributed by atoms with Gasteiger partial charge in [-0.05, 0) is 47.5 Å². The predicted octanol–water partition coefficient (Wildman–Crippen LogP) is 3.93. The maximum absolute atomic E-state index is 13.5. The van der Waals surface area contributed by atoms with Crippen LogP contribution in [0.1, 0.15) is 28.7 Å². The van der Waals surface area contributed by atoms with Gasteiger partial charge in [-0.15, -0.1) is 5.10 Å². The molecule has 3 aromatic carbocycles. The average molecular weight is 630 g/mol. The molecule has 0 N–H and O–H groups in total. The summed E-state index contributed by atoms with van der Waals surface area (Å²) >= 11 is 0. The molecule has 0 unspecified atom stereocenters. The molecule has 3 aliphatic rings. The summed E-state index contributed by atoms with van der Waals surface area (Å²) in [5.74, 6) is 0.342. The summed E-state index contributed by atoms with van der Waals surface area (Å²) in [5, 5.41) is 8.35. The van der Waals surface area contributed by atoms with E-state index in [1.54, 1.807) is 13.3 Å². The SMILES string of the molecule is COc1ccccc1-c1cn(CC(=O)O[C@H]2c3cc4c(cc3[C@@H](c3cc(OC)c(OC)c(OC)c3)[C@H]3C(=O)OC[C@@H]32)OCO4)nn1. The van der Waals surface area contributed by atoms with Crippen molar-refractivity contribution in [1.82, 2.24) is 15.0 Å². The van der Waals surface area contributed by atoms with Crippen LogP contribution in [0.2, 0.25) is 0 Å². The number of fused-ring (bicyclic) bond motifs is 3. The van der Waals surface area contributed by atoms with E-state index in [1.807, 2.05) is 48.5 Å². The first-order valence-corrected chi connectivity index (χ1v) is 14.6. The standard InChI is InChI=1S/C33H31N3O10/c1-39-23-8-6-5-7-18(23)22-13-36(35-34-22)14-28(37)46-31-20-12-25-24(44-16-45-25)11-19(20)29(30-21(31)15-43-33(30)38)17-9-26(40-2)32(42-4)27(10-17)41-3/h5-13,21,29-31H,14-16H2,1-4H3/t21-,29+,30-,31-/m0/s1. The van der Waals surface area contributed by atoms with E-state index in [4.69, 9.17) is 37.9 Å². The van der Waals surface area contributed by atoms with Gasteiger partial charge in [-0.2, -0.15) is 0 Å². The summed E-state index contributed by atoms with van der Waals surface area (Å²) in [4.78, 5) is 26.9. The fraction of sp³-hybridized carbons (Fsp3) is 0.333. The van der Waals surface area contributed by atoms with Crippen molar-refractivity contribution in [3.63, 3.8) is 0 Å². The van der Waals surface area contributed by atoms with Crippen LogP contribution < -0.4 is 28.4 Å². The van der Waals surface area contributed by atoms with Gasteiger partial charge in [0.05, 0.1) is 47.2 Å². The smallest absolute Gasteiger partial charge is 0.328 e. The molecule has 46 heavy (non-hydrogen) atoms. The Balaban J connectivity index is 1.25. The van der Waals surface area contributed by atoms with Crippen LogP contribution in [0.3, 0.4) is 0 Å². The summed E-state index contributed by atoms with van der Waals surface area (Å²) in [6, 6.07) is 14.7. The minimum Gasteiger partial charge on any atom is -0.496 e. The highest BCUT2D eigenvalue weighted by molar-refractivity contribution is 5.79. The monoisotopic (exact) mass is 629 g/mol. The number of aromatic nitrogens is 3. The zero-order chi connectivity index (χ0) is 31.9. The summed E-state index contributed by atoms with van der Waals surface area (Å²) in [6.07, 6.45) is 0.834. The van der Waals surface area contributed by atoms with Crippen LogP contribution >= 0.6 is 0 Å². The highest BCUT2D eigenvalue weighted by Gasteiger charge is 2.54. The van der Waals surface area contributed by atoms with E-state index in [2.05, 4.69) is 10.3 Å². The van der Waals surface area contributed by atoms with E-state index in [9.17, 15) is 9.59 Å². The highest BCUT2D eigenvalue weighted by Crippen LogP contribution is 2.56. The van der Waals surface area contributed by atoms with Gasteiger partial charge in [-0.3, -0.25) is 9.59 Å². The Labute approximate surface area is 263 Å². The van der Waals surface area contributed by atoms with Gasteiger partial charge in [-0.25, -0.2) is 4.68 Å². The number of ether oxygens (including phenoxy) is 8. The molecule has 1 saturated heterocycles. The Morgan fingerprint density at radius 2 is 1.59 bits per heavy atom. The Morgan fingerprint density at radius 3 is 2.28 bits per heavy atom. The van der Waals surface area contributed by atoms with Crippen molar-refractivity contribution < 1.29 is 47.5 Å². The van der Waals surface area contributed by atoms with Crippen molar-refractivity contribution in [2.45, 2.75) is 18.6 Å². The molecule has 0 radical (unpaired) electrons. The van der Waals surface area contributed by atoms with Crippen molar-refractivity contribution in [3.05, 3.63) is 71.4 Å². The lowest BCUT2D eigenvalue weighted by Crippen LogP contribution is -2.37. The second kappa shape index (κ2) is 11.8. The topological polar surface area (TPSA) is 139 Å². The molecule has 238 valence electrons. The fourth-order valence-corrected chi connectivity index (χ4v) is 6.61. The van der Waals surface area contributed by atoms with Crippen molar-refractivity contribution in [2.24, 2.45) is 11.8 Å². The molecule has 1 fully saturated rings. The Hall–Kier alpha value is -5.46. The van der Waals surface area contributed by atoms with E-state index >= 15 is 0 Å². The molecule has 1 aromatic heterocycles. The van der Waals surface area contributed by atoms with Crippen LogP contribution in [0.4, 0.5) is 0 Å². The van der Waals surface area contributed by atoms with Crippen LogP contribution in [-0.4, -0.2) is 68.8 Å². The van der Waals surface area contributed by atoms with E-state index in [0.29, 0.717) is 45.8 Å². The quantitative estimate of drug-likeness (QED) is 0.248. The molecule has 3 heterocycles. The van der Waals surface area contributed by atoms with Gasteiger partial charge in [0.25, 0.3) is 0 Å². The molecule has 0 amide bonds. The third-order valence-electron chi connectivity index (χ3n) is 8.64. The third-order valence-corrected chi connectivity index (χ3v) is 8.64. The predicted molar refractivity (Wildman–Crippen MR) is 159 cm³/mol. The number of methoxy groups -OCH3 is 4. The molecule has 0 bridgehead atoms. The lowest BCUT2D eigenvalue weighted by Gasteiger charge is -2.38. The van der Waals surface area contributed by atoms with E-state index in [0.717, 1.165) is 16.7 Å². The van der Waals surface area contributed by atoms with Crippen LogP contribution in [0.25, 0.3) is 11.3 Å². The zero-order valence-corrected chi connectivity index (χ0v) is 25.6. The van der Waals surface area contributed by atoms with Gasteiger partial charge in [0.1, 0.15) is 24.1 Å². The Bertz CT molecular complexity index is 1800. The molecule has 0 spiro atoms. The minimum absolute atomic E-state index is 0.0489. The molecule has 7 rings (SSSR count). The van der Waals surface area contributed by atoms with Gasteiger partial charge in [-0.1, -0.05) is 17.3 Å². The van der Waals surface area contributed by atoms with E-state index in [1.165, 1.54) is 26.0 Å². The minimum atomic E-state index is -0.816. The van der Waals surface area contributed by atoms with Crippen molar-refractivity contribution in [1.29, 1.82) is 0 Å². The number of rotatable bonds is 9. The van der Waals surface area contributed by atoms with Crippen LogP contribution in [0.15, 0.2) is 54.7 Å². The Morgan fingerprint density at radius 1 is 0.891 bits per heavy atom. The molecule has 4 aromatic rings. The first kappa shape index (κ1) is 29.3.